The molecule has 10 atom stereocenters. The molecule has 38 heavy (non-hydrogen) atoms. The summed E-state index contributed by atoms with van der Waals surface area (Å²) in [5, 5.41) is 40.7. The number of fused-ring (bicyclic) bond motifs is 2. The number of carbonyl (C=O) groups excluding carboxylic acids is 2. The van der Waals surface area contributed by atoms with Gasteiger partial charge < -0.3 is 43.8 Å². The average Bonchev–Trinajstić information content (AvgIpc) is 3.55. The molecule has 3 fully saturated rings. The topological polar surface area (TPSA) is 165 Å². The first kappa shape index (κ1) is 27.3. The molecule has 0 aromatic carbocycles. The highest BCUT2D eigenvalue weighted by Crippen LogP contribution is 2.61. The monoisotopic (exact) mass is 536 g/mol. The minimum absolute atomic E-state index is 0.0559. The van der Waals surface area contributed by atoms with Crippen molar-refractivity contribution in [2.24, 2.45) is 17.3 Å². The lowest BCUT2D eigenvalue weighted by Crippen LogP contribution is -2.60. The zero-order valence-electron chi connectivity index (χ0n) is 21.5. The maximum atomic E-state index is 13.6. The van der Waals surface area contributed by atoms with Crippen molar-refractivity contribution < 1.29 is 53.4 Å². The van der Waals surface area contributed by atoms with Crippen molar-refractivity contribution in [1.29, 1.82) is 0 Å². The molecule has 5 rings (SSSR count). The molecule has 1 aromatic heterocycles. The number of esters is 2. The Morgan fingerprint density at radius 1 is 1.21 bits per heavy atom. The van der Waals surface area contributed by atoms with Crippen LogP contribution < -0.4 is 0 Å². The van der Waals surface area contributed by atoms with Gasteiger partial charge in [-0.3, -0.25) is 9.59 Å². The minimum Gasteiger partial charge on any atom is -0.472 e. The number of carbonyl (C=O) groups is 2. The molecule has 4 N–H and O–H groups in total. The Hall–Kier alpha value is -2.28. The number of hydrogen-bond donors (Lipinski definition) is 4. The lowest BCUT2D eigenvalue weighted by atomic mass is 9.53. The molecule has 2 aliphatic heterocycles. The third-order valence-corrected chi connectivity index (χ3v) is 8.83. The fraction of sp³-hybridized carbons (Fsp3) is 0.704. The number of cyclic esters (lactones) is 1. The third kappa shape index (κ3) is 4.59. The van der Waals surface area contributed by atoms with E-state index in [1.165, 1.54) is 6.92 Å². The van der Waals surface area contributed by atoms with E-state index in [2.05, 4.69) is 0 Å². The molecule has 1 saturated carbocycles. The Morgan fingerprint density at radius 2 is 2.00 bits per heavy atom. The summed E-state index contributed by atoms with van der Waals surface area (Å²) in [5.41, 5.74) is 1.66. The van der Waals surface area contributed by atoms with Crippen LogP contribution in [0.25, 0.3) is 0 Å². The lowest BCUT2D eigenvalue weighted by Gasteiger charge is -2.51. The van der Waals surface area contributed by atoms with Gasteiger partial charge in [0.25, 0.3) is 0 Å². The molecule has 0 amide bonds. The number of ether oxygens (including phenoxy) is 4. The van der Waals surface area contributed by atoms with Gasteiger partial charge >= 0.3 is 11.9 Å². The van der Waals surface area contributed by atoms with Gasteiger partial charge in [0.15, 0.2) is 6.29 Å². The SMILES string of the molecule is CC(=O)OCC1=C2[C@H](O[C@@H]3O[C@H](CO)[C@@H](O)[C@H](O)[C@H]3O)C[C@@H](C)[C@]3(C[C@@H](c4ccoc4)OC3=O)[C@H]2CCC1. The normalized spacial score (nSPS) is 41.2. The van der Waals surface area contributed by atoms with Gasteiger partial charge in [0.2, 0.25) is 0 Å². The quantitative estimate of drug-likeness (QED) is 0.304. The van der Waals surface area contributed by atoms with Crippen molar-refractivity contribution in [1.82, 2.24) is 0 Å². The third-order valence-electron chi connectivity index (χ3n) is 8.83. The van der Waals surface area contributed by atoms with Gasteiger partial charge in [-0.25, -0.2) is 0 Å². The van der Waals surface area contributed by atoms with Crippen LogP contribution in [0.2, 0.25) is 0 Å². The molecule has 1 spiro atoms. The number of aliphatic hydroxyl groups is 4. The predicted molar refractivity (Wildman–Crippen MR) is 128 cm³/mol. The van der Waals surface area contributed by atoms with Gasteiger partial charge in [-0.2, -0.15) is 0 Å². The van der Waals surface area contributed by atoms with E-state index in [0.29, 0.717) is 25.7 Å². The molecule has 0 bridgehead atoms. The first-order valence-electron chi connectivity index (χ1n) is 13.2. The van der Waals surface area contributed by atoms with Crippen LogP contribution in [0.1, 0.15) is 57.6 Å². The zero-order chi connectivity index (χ0) is 27.2. The zero-order valence-corrected chi connectivity index (χ0v) is 21.5. The van der Waals surface area contributed by atoms with Crippen molar-refractivity contribution >= 4 is 11.9 Å². The molecular formula is C27H36O11. The standard InChI is InChI=1S/C27H36O11/c1-13-8-18(36-25-24(32)23(31)22(30)20(10-28)37-25)21-16(12-35-14(2)29)4-3-5-17(21)27(13)9-19(38-26(27)33)15-6-7-34-11-15/h6-7,11,13,17-20,22-25,28,30-32H,3-5,8-10,12H2,1-2H3/t13-,17+,18-,19+,20-,22-,23+,24-,25-,27-/m1/s1. The van der Waals surface area contributed by atoms with Crippen LogP contribution in [0.4, 0.5) is 0 Å². The van der Waals surface area contributed by atoms with E-state index in [0.717, 1.165) is 23.1 Å². The molecule has 2 saturated heterocycles. The lowest BCUT2D eigenvalue weighted by molar-refractivity contribution is -0.311. The average molecular weight is 537 g/mol. The van der Waals surface area contributed by atoms with Crippen molar-refractivity contribution in [3.05, 3.63) is 35.3 Å². The van der Waals surface area contributed by atoms with Crippen LogP contribution in [0.15, 0.2) is 34.2 Å². The van der Waals surface area contributed by atoms with E-state index in [4.69, 9.17) is 23.4 Å². The van der Waals surface area contributed by atoms with Crippen LogP contribution in [0.3, 0.4) is 0 Å². The van der Waals surface area contributed by atoms with Crippen molar-refractivity contribution in [3.8, 4) is 0 Å². The fourth-order valence-electron chi connectivity index (χ4n) is 6.87. The Morgan fingerprint density at radius 3 is 2.68 bits per heavy atom. The Bertz CT molecular complexity index is 1050. The van der Waals surface area contributed by atoms with Crippen LogP contribution in [0, 0.1) is 17.3 Å². The van der Waals surface area contributed by atoms with Gasteiger partial charge in [0.1, 0.15) is 37.1 Å². The van der Waals surface area contributed by atoms with Gasteiger partial charge in [0.05, 0.1) is 30.7 Å². The van der Waals surface area contributed by atoms with E-state index in [1.807, 2.05) is 6.92 Å². The largest absolute Gasteiger partial charge is 0.472 e. The van der Waals surface area contributed by atoms with E-state index >= 15 is 0 Å². The van der Waals surface area contributed by atoms with Crippen molar-refractivity contribution in [2.45, 2.75) is 88.9 Å². The van der Waals surface area contributed by atoms with E-state index < -0.39 is 60.9 Å². The Labute approximate surface area is 220 Å². The summed E-state index contributed by atoms with van der Waals surface area (Å²) >= 11 is 0. The maximum absolute atomic E-state index is 13.6. The second-order valence-electron chi connectivity index (χ2n) is 10.9. The molecule has 4 aliphatic rings. The molecule has 11 heteroatoms. The summed E-state index contributed by atoms with van der Waals surface area (Å²) in [6.07, 6.45) is -2.00. The van der Waals surface area contributed by atoms with Gasteiger partial charge in [0, 0.05) is 18.9 Å². The summed E-state index contributed by atoms with van der Waals surface area (Å²) in [6.45, 7) is 2.81. The first-order chi connectivity index (χ1) is 18.2. The molecule has 0 unspecified atom stereocenters. The van der Waals surface area contributed by atoms with E-state index in [9.17, 15) is 30.0 Å². The second-order valence-corrected chi connectivity index (χ2v) is 10.9. The second kappa shape index (κ2) is 10.7. The molecule has 2 aliphatic carbocycles. The van der Waals surface area contributed by atoms with E-state index in [1.54, 1.807) is 18.6 Å². The minimum atomic E-state index is -1.57. The van der Waals surface area contributed by atoms with Gasteiger partial charge in [-0.1, -0.05) is 6.92 Å². The van der Waals surface area contributed by atoms with Crippen LogP contribution in [0.5, 0.6) is 0 Å². The Balaban J connectivity index is 1.50. The molecule has 0 radical (unpaired) electrons. The van der Waals surface area contributed by atoms with Crippen LogP contribution in [-0.2, 0) is 28.5 Å². The highest BCUT2D eigenvalue weighted by atomic mass is 16.7. The molecule has 11 nitrogen and oxygen atoms in total. The van der Waals surface area contributed by atoms with Crippen LogP contribution >= 0.6 is 0 Å². The molecule has 1 aromatic rings. The molecule has 3 heterocycles. The van der Waals surface area contributed by atoms with Gasteiger partial charge in [-0.05, 0) is 54.7 Å². The summed E-state index contributed by atoms with van der Waals surface area (Å²) in [7, 11) is 0. The maximum Gasteiger partial charge on any atom is 0.313 e. The number of aliphatic hydroxyl groups excluding tert-OH is 4. The van der Waals surface area contributed by atoms with Crippen LogP contribution in [-0.4, -0.2) is 82.4 Å². The smallest absolute Gasteiger partial charge is 0.313 e. The van der Waals surface area contributed by atoms with E-state index in [-0.39, 0.29) is 24.4 Å². The summed E-state index contributed by atoms with van der Waals surface area (Å²) < 4.78 is 28.4. The summed E-state index contributed by atoms with van der Waals surface area (Å²) in [5.74, 6) is -1.14. The number of hydrogen-bond acceptors (Lipinski definition) is 11. The number of rotatable bonds is 6. The van der Waals surface area contributed by atoms with Gasteiger partial charge in [-0.15, -0.1) is 0 Å². The first-order valence-corrected chi connectivity index (χ1v) is 13.2. The highest BCUT2D eigenvalue weighted by Gasteiger charge is 2.62. The summed E-state index contributed by atoms with van der Waals surface area (Å²) in [4.78, 5) is 25.3. The summed E-state index contributed by atoms with van der Waals surface area (Å²) in [6, 6.07) is 1.79. The Kier molecular flexibility index (Phi) is 7.69. The molecule has 210 valence electrons. The van der Waals surface area contributed by atoms with Crippen molar-refractivity contribution in [3.63, 3.8) is 0 Å². The van der Waals surface area contributed by atoms with Crippen molar-refractivity contribution in [2.75, 3.05) is 13.2 Å². The molecular weight excluding hydrogens is 500 g/mol. The predicted octanol–water partition coefficient (Wildman–Crippen LogP) is 1.14. The highest BCUT2D eigenvalue weighted by molar-refractivity contribution is 5.81. The number of furan rings is 1. The fourth-order valence-corrected chi connectivity index (χ4v) is 6.87.